The fourth-order valence-corrected chi connectivity index (χ4v) is 4.82. The van der Waals surface area contributed by atoms with Crippen molar-refractivity contribution in [1.82, 2.24) is 9.62 Å². The molecule has 3 rings (SSSR count). The average molecular weight is 407 g/mol. The van der Waals surface area contributed by atoms with E-state index in [0.717, 1.165) is 44.5 Å². The molecule has 0 aromatic heterocycles. The van der Waals surface area contributed by atoms with Crippen molar-refractivity contribution < 1.29 is 8.42 Å². The molecule has 27 heavy (non-hydrogen) atoms. The number of likely N-dealkylation sites (tertiary alicyclic amines) is 1. The predicted octanol–water partition coefficient (Wildman–Crippen LogP) is 4.23. The molecule has 0 amide bonds. The molecule has 0 bridgehead atoms. The molecular weight excluding hydrogens is 380 g/mol. The Morgan fingerprint density at radius 3 is 2.48 bits per heavy atom. The van der Waals surface area contributed by atoms with E-state index in [9.17, 15) is 8.42 Å². The lowest BCUT2D eigenvalue weighted by molar-refractivity contribution is 0.173. The zero-order chi connectivity index (χ0) is 19.3. The van der Waals surface area contributed by atoms with E-state index in [1.807, 2.05) is 13.0 Å². The van der Waals surface area contributed by atoms with E-state index in [-0.39, 0.29) is 4.90 Å². The number of nitrogens with one attached hydrogen (secondary N) is 1. The molecule has 0 unspecified atom stereocenters. The second-order valence-electron chi connectivity index (χ2n) is 7.30. The Morgan fingerprint density at radius 2 is 1.81 bits per heavy atom. The number of halogens is 1. The molecule has 146 valence electrons. The Bertz CT molecular complexity index is 848. The van der Waals surface area contributed by atoms with Gasteiger partial charge in [0, 0.05) is 18.1 Å². The van der Waals surface area contributed by atoms with Crippen LogP contribution in [-0.4, -0.2) is 33.0 Å². The number of hydrogen-bond acceptors (Lipinski definition) is 3. The Balaban J connectivity index is 1.43. The molecule has 2 aromatic rings. The van der Waals surface area contributed by atoms with Crippen LogP contribution in [-0.2, 0) is 16.6 Å². The van der Waals surface area contributed by atoms with Crippen LogP contribution in [0, 0.1) is 12.8 Å². The second-order valence-corrected chi connectivity index (χ2v) is 9.48. The van der Waals surface area contributed by atoms with Gasteiger partial charge in [0.1, 0.15) is 0 Å². The van der Waals surface area contributed by atoms with Crippen LogP contribution < -0.4 is 4.72 Å². The van der Waals surface area contributed by atoms with Gasteiger partial charge in [0.2, 0.25) is 10.0 Å². The lowest BCUT2D eigenvalue weighted by atomic mass is 9.93. The fourth-order valence-electron chi connectivity index (χ4n) is 3.50. The van der Waals surface area contributed by atoms with Crippen molar-refractivity contribution in [1.29, 1.82) is 0 Å². The Hall–Kier alpha value is -1.40. The third-order valence-electron chi connectivity index (χ3n) is 5.25. The molecule has 0 saturated carbocycles. The van der Waals surface area contributed by atoms with Gasteiger partial charge in [-0.05, 0) is 68.5 Å². The van der Waals surface area contributed by atoms with Gasteiger partial charge in [-0.25, -0.2) is 13.1 Å². The molecule has 1 fully saturated rings. The number of aryl methyl sites for hydroxylation is 1. The van der Waals surface area contributed by atoms with Gasteiger partial charge in [-0.1, -0.05) is 48.0 Å². The fraction of sp³-hybridized carbons (Fsp3) is 0.429. The average Bonchev–Trinajstić information content (AvgIpc) is 2.66. The minimum absolute atomic E-state index is 0.232. The summed E-state index contributed by atoms with van der Waals surface area (Å²) in [4.78, 5) is 2.71. The molecule has 1 heterocycles. The van der Waals surface area contributed by atoms with Crippen molar-refractivity contribution in [3.05, 3.63) is 64.7 Å². The van der Waals surface area contributed by atoms with E-state index in [4.69, 9.17) is 11.6 Å². The van der Waals surface area contributed by atoms with Crippen LogP contribution in [0.15, 0.2) is 53.4 Å². The molecule has 0 atom stereocenters. The summed E-state index contributed by atoms with van der Waals surface area (Å²) in [6, 6.07) is 15.4. The predicted molar refractivity (Wildman–Crippen MR) is 110 cm³/mol. The summed E-state index contributed by atoms with van der Waals surface area (Å²) in [5, 5.41) is 0.476. The highest BCUT2D eigenvalue weighted by molar-refractivity contribution is 7.89. The summed E-state index contributed by atoms with van der Waals surface area (Å²) < 4.78 is 27.5. The summed E-state index contributed by atoms with van der Waals surface area (Å²) in [5.74, 6) is 0.571. The lowest BCUT2D eigenvalue weighted by Crippen LogP contribution is -2.34. The molecule has 0 spiro atoms. The minimum atomic E-state index is -3.50. The third-order valence-corrected chi connectivity index (χ3v) is 7.12. The largest absolute Gasteiger partial charge is 0.299 e. The van der Waals surface area contributed by atoms with Gasteiger partial charge in [-0.15, -0.1) is 0 Å². The first-order valence-electron chi connectivity index (χ1n) is 9.46. The van der Waals surface area contributed by atoms with Gasteiger partial charge in [0.15, 0.2) is 0 Å². The Kier molecular flexibility index (Phi) is 6.93. The van der Waals surface area contributed by atoms with Crippen molar-refractivity contribution in [3.63, 3.8) is 0 Å². The molecule has 0 aliphatic carbocycles. The molecule has 1 aliphatic heterocycles. The maximum absolute atomic E-state index is 12.4. The quantitative estimate of drug-likeness (QED) is 0.748. The summed E-state index contributed by atoms with van der Waals surface area (Å²) in [6.45, 7) is 5.46. The SMILES string of the molecule is Cc1ccc(S(=O)(=O)NCCC2CCN(Cc3ccccc3)CC2)cc1Cl. The molecule has 2 aromatic carbocycles. The third kappa shape index (κ3) is 5.79. The van der Waals surface area contributed by atoms with E-state index >= 15 is 0 Å². The van der Waals surface area contributed by atoms with E-state index in [1.165, 1.54) is 11.6 Å². The Morgan fingerprint density at radius 1 is 1.11 bits per heavy atom. The summed E-state index contributed by atoms with van der Waals surface area (Å²) in [7, 11) is -3.50. The van der Waals surface area contributed by atoms with E-state index in [2.05, 4.69) is 33.9 Å². The normalized spacial score (nSPS) is 16.5. The van der Waals surface area contributed by atoms with Crippen LogP contribution in [0.5, 0.6) is 0 Å². The molecule has 1 saturated heterocycles. The topological polar surface area (TPSA) is 49.4 Å². The van der Waals surface area contributed by atoms with E-state index < -0.39 is 10.0 Å². The van der Waals surface area contributed by atoms with E-state index in [1.54, 1.807) is 12.1 Å². The van der Waals surface area contributed by atoms with Gasteiger partial charge in [0.05, 0.1) is 4.90 Å². The highest BCUT2D eigenvalue weighted by Crippen LogP contribution is 2.23. The molecule has 1 N–H and O–H groups in total. The Labute approximate surface area is 167 Å². The van der Waals surface area contributed by atoms with Crippen molar-refractivity contribution >= 4 is 21.6 Å². The van der Waals surface area contributed by atoms with Crippen molar-refractivity contribution in [2.75, 3.05) is 19.6 Å². The number of sulfonamides is 1. The van der Waals surface area contributed by atoms with Crippen molar-refractivity contribution in [2.45, 2.75) is 37.6 Å². The van der Waals surface area contributed by atoms with Gasteiger partial charge in [-0.2, -0.15) is 0 Å². The van der Waals surface area contributed by atoms with Gasteiger partial charge in [-0.3, -0.25) is 4.90 Å². The van der Waals surface area contributed by atoms with Crippen molar-refractivity contribution in [2.24, 2.45) is 5.92 Å². The molecule has 1 aliphatic rings. The summed E-state index contributed by atoms with van der Waals surface area (Å²) in [6.07, 6.45) is 3.11. The van der Waals surface area contributed by atoms with Crippen LogP contribution in [0.3, 0.4) is 0 Å². The van der Waals surface area contributed by atoms with Crippen molar-refractivity contribution in [3.8, 4) is 0 Å². The van der Waals surface area contributed by atoms with Crippen LogP contribution in [0.4, 0.5) is 0 Å². The van der Waals surface area contributed by atoms with Crippen LogP contribution in [0.2, 0.25) is 5.02 Å². The van der Waals surface area contributed by atoms with Crippen LogP contribution in [0.25, 0.3) is 0 Å². The molecular formula is C21H27ClN2O2S. The first-order valence-corrected chi connectivity index (χ1v) is 11.3. The summed E-state index contributed by atoms with van der Waals surface area (Å²) >= 11 is 6.05. The number of nitrogens with zero attached hydrogens (tertiary/aromatic N) is 1. The first-order chi connectivity index (χ1) is 12.9. The second kappa shape index (κ2) is 9.20. The first kappa shape index (κ1) is 20.3. The standard InChI is InChI=1S/C21H27ClN2O2S/c1-17-7-8-20(15-21(17)22)27(25,26)23-12-9-18-10-13-24(14-11-18)16-19-5-3-2-4-6-19/h2-8,15,18,23H,9-14,16H2,1H3. The van der Waals surface area contributed by atoms with Gasteiger partial charge < -0.3 is 0 Å². The molecule has 4 nitrogen and oxygen atoms in total. The zero-order valence-electron chi connectivity index (χ0n) is 15.7. The maximum atomic E-state index is 12.4. The number of rotatable bonds is 7. The highest BCUT2D eigenvalue weighted by Gasteiger charge is 2.20. The smallest absolute Gasteiger partial charge is 0.240 e. The lowest BCUT2D eigenvalue weighted by Gasteiger charge is -2.32. The van der Waals surface area contributed by atoms with Crippen LogP contribution >= 0.6 is 11.6 Å². The highest BCUT2D eigenvalue weighted by atomic mass is 35.5. The number of piperidine rings is 1. The minimum Gasteiger partial charge on any atom is -0.299 e. The van der Waals surface area contributed by atoms with E-state index in [0.29, 0.717) is 17.5 Å². The summed E-state index contributed by atoms with van der Waals surface area (Å²) in [5.41, 5.74) is 2.22. The number of benzene rings is 2. The van der Waals surface area contributed by atoms with Gasteiger partial charge >= 0.3 is 0 Å². The molecule has 0 radical (unpaired) electrons. The van der Waals surface area contributed by atoms with Crippen LogP contribution in [0.1, 0.15) is 30.4 Å². The number of hydrogen-bond donors (Lipinski definition) is 1. The zero-order valence-corrected chi connectivity index (χ0v) is 17.3. The monoisotopic (exact) mass is 406 g/mol. The van der Waals surface area contributed by atoms with Gasteiger partial charge in [0.25, 0.3) is 0 Å². The molecule has 6 heteroatoms. The maximum Gasteiger partial charge on any atom is 0.240 e.